The molecule has 0 atom stereocenters. The first kappa shape index (κ1) is 32.8. The van der Waals surface area contributed by atoms with E-state index >= 15 is 0 Å². The molecule has 0 aliphatic carbocycles. The van der Waals surface area contributed by atoms with Crippen molar-refractivity contribution in [3.8, 4) is 22.5 Å². The second-order valence-electron chi connectivity index (χ2n) is 14.9. The molecule has 0 aliphatic rings. The van der Waals surface area contributed by atoms with E-state index in [2.05, 4.69) is 226 Å². The van der Waals surface area contributed by atoms with Gasteiger partial charge in [0.2, 0.25) is 0 Å². The minimum Gasteiger partial charge on any atom is -0.311 e. The molecule has 4 heteroatoms. The number of benzene rings is 9. The number of thiophene rings is 1. The highest BCUT2D eigenvalue weighted by Gasteiger charge is 2.19. The Morgan fingerprint density at radius 1 is 0.328 bits per heavy atom. The average molecular weight is 758 g/mol. The Kier molecular flexibility index (Phi) is 7.40. The Bertz CT molecular complexity index is 3480. The van der Waals surface area contributed by atoms with Crippen molar-refractivity contribution in [1.29, 1.82) is 0 Å². The molecular weight excluding hydrogens is 723 g/mol. The molecule has 58 heavy (non-hydrogen) atoms. The molecule has 0 fully saturated rings. The average Bonchev–Trinajstić information content (AvgIpc) is 3.95. The number of para-hydroxylation sites is 4. The Balaban J connectivity index is 0.950. The van der Waals surface area contributed by atoms with Gasteiger partial charge < -0.3 is 14.0 Å². The summed E-state index contributed by atoms with van der Waals surface area (Å²) < 4.78 is 7.47. The van der Waals surface area contributed by atoms with Crippen LogP contribution in [0.1, 0.15) is 0 Å². The monoisotopic (exact) mass is 757 g/mol. The van der Waals surface area contributed by atoms with E-state index in [0.29, 0.717) is 0 Å². The third kappa shape index (κ3) is 5.05. The minimum absolute atomic E-state index is 1.10. The number of rotatable bonds is 6. The first-order valence-corrected chi connectivity index (χ1v) is 20.6. The van der Waals surface area contributed by atoms with Crippen LogP contribution in [0, 0.1) is 0 Å². The zero-order valence-electron chi connectivity index (χ0n) is 31.5. The molecule has 0 unspecified atom stereocenters. The lowest BCUT2D eigenvalue weighted by atomic mass is 10.0. The van der Waals surface area contributed by atoms with E-state index in [-0.39, 0.29) is 0 Å². The van der Waals surface area contributed by atoms with Gasteiger partial charge in [-0.25, -0.2) is 0 Å². The van der Waals surface area contributed by atoms with E-state index in [0.717, 1.165) is 22.7 Å². The number of anilines is 3. The van der Waals surface area contributed by atoms with Crippen molar-refractivity contribution >= 4 is 92.2 Å². The second kappa shape index (κ2) is 13.1. The summed E-state index contributed by atoms with van der Waals surface area (Å²) in [5.41, 5.74) is 12.9. The molecule has 272 valence electrons. The van der Waals surface area contributed by atoms with Crippen LogP contribution >= 0.6 is 11.3 Å². The highest BCUT2D eigenvalue weighted by Crippen LogP contribution is 2.44. The van der Waals surface area contributed by atoms with Crippen molar-refractivity contribution in [1.82, 2.24) is 9.13 Å². The number of hydrogen-bond acceptors (Lipinski definition) is 2. The molecule has 3 aromatic heterocycles. The largest absolute Gasteiger partial charge is 0.311 e. The molecule has 3 nitrogen and oxygen atoms in total. The smallest absolute Gasteiger partial charge is 0.0719 e. The van der Waals surface area contributed by atoms with Crippen LogP contribution in [-0.4, -0.2) is 9.13 Å². The lowest BCUT2D eigenvalue weighted by Gasteiger charge is -2.26. The normalized spacial score (nSPS) is 11.8. The maximum absolute atomic E-state index is 2.46. The summed E-state index contributed by atoms with van der Waals surface area (Å²) >= 11 is 1.89. The van der Waals surface area contributed by atoms with E-state index in [1.165, 1.54) is 80.6 Å². The fourth-order valence-corrected chi connectivity index (χ4v) is 10.3. The van der Waals surface area contributed by atoms with Crippen LogP contribution in [0.15, 0.2) is 212 Å². The van der Waals surface area contributed by atoms with Gasteiger partial charge in [-0.2, -0.15) is 0 Å². The number of aromatic nitrogens is 2. The van der Waals surface area contributed by atoms with Crippen molar-refractivity contribution in [3.05, 3.63) is 212 Å². The summed E-state index contributed by atoms with van der Waals surface area (Å²) in [5.74, 6) is 0. The number of fused-ring (bicyclic) bond motifs is 10. The van der Waals surface area contributed by atoms with Crippen molar-refractivity contribution in [2.75, 3.05) is 4.90 Å². The van der Waals surface area contributed by atoms with E-state index in [9.17, 15) is 0 Å². The second-order valence-corrected chi connectivity index (χ2v) is 16.0. The van der Waals surface area contributed by atoms with Gasteiger partial charge in [-0.3, -0.25) is 0 Å². The Hall–Kier alpha value is -7.40. The van der Waals surface area contributed by atoms with Crippen LogP contribution in [0.5, 0.6) is 0 Å². The fourth-order valence-electron chi connectivity index (χ4n) is 9.08. The molecule has 0 spiro atoms. The Morgan fingerprint density at radius 2 is 0.845 bits per heavy atom. The quantitative estimate of drug-likeness (QED) is 0.165. The van der Waals surface area contributed by atoms with Crippen LogP contribution in [0.4, 0.5) is 17.1 Å². The van der Waals surface area contributed by atoms with Gasteiger partial charge in [-0.15, -0.1) is 11.3 Å². The lowest BCUT2D eigenvalue weighted by Crippen LogP contribution is -2.10. The van der Waals surface area contributed by atoms with Crippen molar-refractivity contribution in [2.45, 2.75) is 0 Å². The molecule has 0 saturated carbocycles. The van der Waals surface area contributed by atoms with E-state index in [1.54, 1.807) is 0 Å². The van der Waals surface area contributed by atoms with Crippen LogP contribution in [0.3, 0.4) is 0 Å². The van der Waals surface area contributed by atoms with Gasteiger partial charge in [0.15, 0.2) is 0 Å². The summed E-state index contributed by atoms with van der Waals surface area (Å²) in [5, 5.41) is 7.69. The van der Waals surface area contributed by atoms with Gasteiger partial charge in [0.05, 0.1) is 26.8 Å². The third-order valence-corrected chi connectivity index (χ3v) is 12.9. The van der Waals surface area contributed by atoms with E-state index in [1.807, 2.05) is 11.3 Å². The number of nitrogens with zero attached hydrogens (tertiary/aromatic N) is 3. The van der Waals surface area contributed by atoms with Gasteiger partial charge >= 0.3 is 0 Å². The van der Waals surface area contributed by atoms with Gasteiger partial charge in [0.25, 0.3) is 0 Å². The Labute approximate surface area is 339 Å². The highest BCUT2D eigenvalue weighted by molar-refractivity contribution is 7.26. The zero-order valence-corrected chi connectivity index (χ0v) is 32.3. The molecule has 0 aliphatic heterocycles. The molecule has 0 N–H and O–H groups in total. The van der Waals surface area contributed by atoms with E-state index < -0.39 is 0 Å². The summed E-state index contributed by atoms with van der Waals surface area (Å²) in [4.78, 5) is 2.35. The molecule has 12 aromatic rings. The summed E-state index contributed by atoms with van der Waals surface area (Å²) in [6, 6.07) is 77.2. The first-order chi connectivity index (χ1) is 28.8. The fraction of sp³-hybridized carbons (Fsp3) is 0. The van der Waals surface area contributed by atoms with Gasteiger partial charge in [0, 0.05) is 65.5 Å². The molecule has 0 amide bonds. The molecule has 0 radical (unpaired) electrons. The number of hydrogen-bond donors (Lipinski definition) is 0. The third-order valence-electron chi connectivity index (χ3n) is 11.7. The van der Waals surface area contributed by atoms with Gasteiger partial charge in [-0.05, 0) is 102 Å². The molecule has 12 rings (SSSR count). The highest BCUT2D eigenvalue weighted by atomic mass is 32.1. The topological polar surface area (TPSA) is 13.1 Å². The van der Waals surface area contributed by atoms with Gasteiger partial charge in [-0.1, -0.05) is 121 Å². The predicted molar refractivity (Wildman–Crippen MR) is 248 cm³/mol. The maximum Gasteiger partial charge on any atom is 0.0719 e. The van der Waals surface area contributed by atoms with Crippen LogP contribution in [0.25, 0.3) is 86.3 Å². The molecule has 0 saturated heterocycles. The van der Waals surface area contributed by atoms with Crippen LogP contribution in [0.2, 0.25) is 0 Å². The minimum atomic E-state index is 1.10. The summed E-state index contributed by atoms with van der Waals surface area (Å²) in [6.45, 7) is 0. The molecule has 3 heterocycles. The summed E-state index contributed by atoms with van der Waals surface area (Å²) in [7, 11) is 0. The predicted octanol–water partition coefficient (Wildman–Crippen LogP) is 15.4. The summed E-state index contributed by atoms with van der Waals surface area (Å²) in [6.07, 6.45) is 0. The molecule has 9 aromatic carbocycles. The maximum atomic E-state index is 2.46. The lowest BCUT2D eigenvalue weighted by molar-refractivity contribution is 1.18. The SMILES string of the molecule is c1ccc(N(c2ccc(-c3ccc4c(c3)c3ccccc3n4-c3ccccc3)cc2)c2ccc(-n3c4ccccc4c4ccc5c6ccccc6sc5c43)cc2)cc1. The standard InChI is InChI=1S/C54H35N3S/c1-3-13-38(14-4-1)55(40-26-23-36(24-27-40)37-25-34-51-48(35-37)44-18-8-10-20-49(44)56(51)39-15-5-2-6-16-39)41-28-30-42(31-29-41)57-50-21-11-7-17-43(50)46-32-33-47-45-19-9-12-22-52(45)58-54(47)53(46)57/h1-35H. The zero-order chi connectivity index (χ0) is 38.2. The van der Waals surface area contributed by atoms with Crippen molar-refractivity contribution in [2.24, 2.45) is 0 Å². The molecular formula is C54H35N3S. The molecule has 0 bridgehead atoms. The van der Waals surface area contributed by atoms with E-state index in [4.69, 9.17) is 0 Å². The van der Waals surface area contributed by atoms with Crippen molar-refractivity contribution < 1.29 is 0 Å². The first-order valence-electron chi connectivity index (χ1n) is 19.8. The van der Waals surface area contributed by atoms with Crippen molar-refractivity contribution in [3.63, 3.8) is 0 Å². The van der Waals surface area contributed by atoms with Crippen LogP contribution < -0.4 is 4.90 Å². The van der Waals surface area contributed by atoms with Gasteiger partial charge in [0.1, 0.15) is 0 Å². The van der Waals surface area contributed by atoms with Crippen LogP contribution in [-0.2, 0) is 0 Å². The Morgan fingerprint density at radius 3 is 1.59 bits per heavy atom.